The average Bonchev–Trinajstić information content (AvgIpc) is 2.99. The summed E-state index contributed by atoms with van der Waals surface area (Å²) in [4.78, 5) is 16.9. The highest BCUT2D eigenvalue weighted by Crippen LogP contribution is 2.17. The van der Waals surface area contributed by atoms with Crippen LogP contribution >= 0.6 is 0 Å². The van der Waals surface area contributed by atoms with Gasteiger partial charge in [0.1, 0.15) is 11.6 Å². The van der Waals surface area contributed by atoms with Crippen LogP contribution < -0.4 is 4.74 Å². The zero-order valence-electron chi connectivity index (χ0n) is 14.8. The van der Waals surface area contributed by atoms with Crippen molar-refractivity contribution in [2.75, 3.05) is 39.3 Å². The van der Waals surface area contributed by atoms with Gasteiger partial charge in [0.2, 0.25) is 0 Å². The zero-order valence-corrected chi connectivity index (χ0v) is 14.8. The Hall–Kier alpha value is -1.66. The van der Waals surface area contributed by atoms with Crippen molar-refractivity contribution in [1.82, 2.24) is 9.80 Å². The van der Waals surface area contributed by atoms with Crippen molar-refractivity contribution < 1.29 is 18.7 Å². The first kappa shape index (κ1) is 18.1. The first-order valence-electron chi connectivity index (χ1n) is 9.17. The topological polar surface area (TPSA) is 42.0 Å². The molecule has 25 heavy (non-hydrogen) atoms. The van der Waals surface area contributed by atoms with Gasteiger partial charge in [0.15, 0.2) is 6.10 Å². The van der Waals surface area contributed by atoms with Crippen LogP contribution in [0.15, 0.2) is 24.3 Å². The Morgan fingerprint density at radius 1 is 1.32 bits per heavy atom. The van der Waals surface area contributed by atoms with Gasteiger partial charge in [-0.05, 0) is 44.9 Å². The fourth-order valence-electron chi connectivity index (χ4n) is 3.50. The molecule has 2 fully saturated rings. The van der Waals surface area contributed by atoms with Gasteiger partial charge in [-0.25, -0.2) is 4.39 Å². The first-order valence-corrected chi connectivity index (χ1v) is 9.17. The van der Waals surface area contributed by atoms with Crippen molar-refractivity contribution in [3.63, 3.8) is 0 Å². The van der Waals surface area contributed by atoms with E-state index in [1.54, 1.807) is 19.1 Å². The highest BCUT2D eigenvalue weighted by Gasteiger charge is 2.26. The van der Waals surface area contributed by atoms with Gasteiger partial charge in [0.25, 0.3) is 5.91 Å². The van der Waals surface area contributed by atoms with Crippen molar-refractivity contribution in [3.05, 3.63) is 30.1 Å². The second kappa shape index (κ2) is 8.63. The second-order valence-electron chi connectivity index (χ2n) is 6.83. The van der Waals surface area contributed by atoms with Gasteiger partial charge in [0, 0.05) is 38.9 Å². The number of amides is 1. The molecule has 6 heteroatoms. The molecule has 0 N–H and O–H groups in total. The molecule has 2 heterocycles. The predicted molar refractivity (Wildman–Crippen MR) is 93.1 cm³/mol. The van der Waals surface area contributed by atoms with Gasteiger partial charge in [-0.2, -0.15) is 0 Å². The van der Waals surface area contributed by atoms with Crippen LogP contribution in [0, 0.1) is 5.82 Å². The molecule has 0 unspecified atom stereocenters. The molecule has 0 aliphatic carbocycles. The van der Waals surface area contributed by atoms with Crippen molar-refractivity contribution in [2.45, 2.75) is 38.4 Å². The number of hydrogen-bond acceptors (Lipinski definition) is 4. The average molecular weight is 350 g/mol. The van der Waals surface area contributed by atoms with E-state index >= 15 is 0 Å². The van der Waals surface area contributed by atoms with Crippen LogP contribution in [0.25, 0.3) is 0 Å². The Morgan fingerprint density at radius 2 is 2.20 bits per heavy atom. The molecule has 2 aliphatic heterocycles. The number of rotatable bonds is 5. The lowest BCUT2D eigenvalue weighted by Gasteiger charge is -2.26. The van der Waals surface area contributed by atoms with Crippen LogP contribution in [0.5, 0.6) is 5.75 Å². The summed E-state index contributed by atoms with van der Waals surface area (Å²) >= 11 is 0. The SMILES string of the molecule is C[C@@H](Oc1cccc(F)c1)C(=O)N1CCCN(C[C@H]2CCCO2)CC1. The Morgan fingerprint density at radius 3 is 2.96 bits per heavy atom. The number of carbonyl (C=O) groups excluding carboxylic acids is 1. The smallest absolute Gasteiger partial charge is 0.263 e. The lowest BCUT2D eigenvalue weighted by molar-refractivity contribution is -0.137. The maximum Gasteiger partial charge on any atom is 0.263 e. The molecule has 0 aromatic heterocycles. The van der Waals surface area contributed by atoms with Crippen LogP contribution in [-0.2, 0) is 9.53 Å². The quantitative estimate of drug-likeness (QED) is 0.817. The highest BCUT2D eigenvalue weighted by molar-refractivity contribution is 5.81. The third-order valence-corrected chi connectivity index (χ3v) is 4.84. The Balaban J connectivity index is 1.49. The molecular formula is C19H27FN2O3. The molecule has 0 spiro atoms. The number of nitrogens with zero attached hydrogens (tertiary/aromatic N) is 2. The fraction of sp³-hybridized carbons (Fsp3) is 0.632. The standard InChI is InChI=1S/C19H27FN2O3/c1-15(25-17-6-2-5-16(20)13-17)19(23)22-9-4-8-21(10-11-22)14-18-7-3-12-24-18/h2,5-6,13,15,18H,3-4,7-12,14H2,1H3/t15-,18-/m1/s1. The normalized spacial score (nSPS) is 23.3. The lowest BCUT2D eigenvalue weighted by atomic mass is 10.2. The highest BCUT2D eigenvalue weighted by atomic mass is 19.1. The predicted octanol–water partition coefficient (Wildman–Crippen LogP) is 2.31. The fourth-order valence-corrected chi connectivity index (χ4v) is 3.50. The van der Waals surface area contributed by atoms with Gasteiger partial charge >= 0.3 is 0 Å². The van der Waals surface area contributed by atoms with E-state index in [-0.39, 0.29) is 11.7 Å². The van der Waals surface area contributed by atoms with Crippen LogP contribution in [0.2, 0.25) is 0 Å². The lowest BCUT2D eigenvalue weighted by Crippen LogP contribution is -2.43. The van der Waals surface area contributed by atoms with E-state index in [0.717, 1.165) is 52.0 Å². The van der Waals surface area contributed by atoms with E-state index in [4.69, 9.17) is 9.47 Å². The number of hydrogen-bond donors (Lipinski definition) is 0. The Kier molecular flexibility index (Phi) is 6.26. The number of carbonyl (C=O) groups is 1. The van der Waals surface area contributed by atoms with Crippen LogP contribution in [0.3, 0.4) is 0 Å². The van der Waals surface area contributed by atoms with Crippen molar-refractivity contribution in [1.29, 1.82) is 0 Å². The summed E-state index contributed by atoms with van der Waals surface area (Å²) in [7, 11) is 0. The molecule has 138 valence electrons. The Labute approximate surface area is 148 Å². The van der Waals surface area contributed by atoms with E-state index in [1.807, 2.05) is 4.90 Å². The van der Waals surface area contributed by atoms with Crippen molar-refractivity contribution in [2.24, 2.45) is 0 Å². The van der Waals surface area contributed by atoms with Crippen LogP contribution in [0.1, 0.15) is 26.2 Å². The minimum Gasteiger partial charge on any atom is -0.481 e. The molecule has 1 aromatic carbocycles. The van der Waals surface area contributed by atoms with Gasteiger partial charge in [-0.3, -0.25) is 9.69 Å². The summed E-state index contributed by atoms with van der Waals surface area (Å²) in [6.07, 6.45) is 2.96. The van der Waals surface area contributed by atoms with Gasteiger partial charge in [-0.15, -0.1) is 0 Å². The summed E-state index contributed by atoms with van der Waals surface area (Å²) in [6.45, 7) is 6.83. The van der Waals surface area contributed by atoms with Gasteiger partial charge in [-0.1, -0.05) is 6.07 Å². The molecule has 0 saturated carbocycles. The van der Waals surface area contributed by atoms with Crippen LogP contribution in [0.4, 0.5) is 4.39 Å². The molecule has 5 nitrogen and oxygen atoms in total. The molecule has 0 bridgehead atoms. The molecule has 3 rings (SSSR count). The summed E-state index contributed by atoms with van der Waals surface area (Å²) in [5, 5.41) is 0. The van der Waals surface area contributed by atoms with E-state index in [9.17, 15) is 9.18 Å². The van der Waals surface area contributed by atoms with E-state index in [2.05, 4.69) is 4.90 Å². The summed E-state index contributed by atoms with van der Waals surface area (Å²) < 4.78 is 24.6. The largest absolute Gasteiger partial charge is 0.481 e. The van der Waals surface area contributed by atoms with E-state index in [0.29, 0.717) is 18.4 Å². The molecule has 2 saturated heterocycles. The van der Waals surface area contributed by atoms with Crippen molar-refractivity contribution >= 4 is 5.91 Å². The van der Waals surface area contributed by atoms with E-state index < -0.39 is 6.10 Å². The number of halogens is 1. The first-order chi connectivity index (χ1) is 12.1. The van der Waals surface area contributed by atoms with Gasteiger partial charge in [0.05, 0.1) is 6.10 Å². The van der Waals surface area contributed by atoms with Gasteiger partial charge < -0.3 is 14.4 Å². The molecule has 0 radical (unpaired) electrons. The zero-order chi connectivity index (χ0) is 17.6. The number of benzene rings is 1. The molecule has 1 amide bonds. The van der Waals surface area contributed by atoms with Crippen LogP contribution in [-0.4, -0.2) is 67.2 Å². The number of ether oxygens (including phenoxy) is 2. The monoisotopic (exact) mass is 350 g/mol. The minimum absolute atomic E-state index is 0.0387. The summed E-state index contributed by atoms with van der Waals surface area (Å²) in [6, 6.07) is 5.90. The third kappa shape index (κ3) is 5.16. The summed E-state index contributed by atoms with van der Waals surface area (Å²) in [5.41, 5.74) is 0. The minimum atomic E-state index is -0.619. The Bertz CT molecular complexity index is 578. The third-order valence-electron chi connectivity index (χ3n) is 4.84. The van der Waals surface area contributed by atoms with Crippen molar-refractivity contribution in [3.8, 4) is 5.75 Å². The summed E-state index contributed by atoms with van der Waals surface area (Å²) in [5.74, 6) is -0.0180. The molecule has 2 aliphatic rings. The molecule has 1 aromatic rings. The maximum atomic E-state index is 13.2. The van der Waals surface area contributed by atoms with E-state index in [1.165, 1.54) is 12.1 Å². The maximum absolute atomic E-state index is 13.2. The molecular weight excluding hydrogens is 323 g/mol. The molecule has 2 atom stereocenters. The second-order valence-corrected chi connectivity index (χ2v) is 6.83.